The van der Waals surface area contributed by atoms with Gasteiger partial charge in [-0.25, -0.2) is 0 Å². The second-order valence-corrected chi connectivity index (χ2v) is 6.25. The predicted octanol–water partition coefficient (Wildman–Crippen LogP) is 3.37. The molecular weight excluding hydrogens is 266 g/mol. The maximum absolute atomic E-state index is 5.90. The van der Waals surface area contributed by atoms with Crippen molar-refractivity contribution in [3.63, 3.8) is 0 Å². The fourth-order valence-corrected chi connectivity index (χ4v) is 2.92. The molecule has 21 heavy (non-hydrogen) atoms. The SMILES string of the molecule is CCCNC(CC)C(C)c1nc(C2(C)CCCCO2)no1. The zero-order chi connectivity index (χ0) is 15.3. The van der Waals surface area contributed by atoms with Crippen molar-refractivity contribution in [3.05, 3.63) is 11.7 Å². The zero-order valence-corrected chi connectivity index (χ0v) is 13.8. The van der Waals surface area contributed by atoms with Gasteiger partial charge in [0, 0.05) is 12.6 Å². The number of rotatable bonds is 7. The normalized spacial score (nSPS) is 25.7. The minimum Gasteiger partial charge on any atom is -0.367 e. The Morgan fingerprint density at radius 1 is 1.33 bits per heavy atom. The number of hydrogen-bond acceptors (Lipinski definition) is 5. The molecule has 1 aromatic heterocycles. The molecule has 1 fully saturated rings. The van der Waals surface area contributed by atoms with Gasteiger partial charge in [0.25, 0.3) is 0 Å². The molecule has 0 saturated carbocycles. The van der Waals surface area contributed by atoms with Crippen LogP contribution < -0.4 is 5.32 Å². The lowest BCUT2D eigenvalue weighted by atomic mass is 9.95. The van der Waals surface area contributed by atoms with E-state index in [4.69, 9.17) is 9.26 Å². The van der Waals surface area contributed by atoms with Crippen LogP contribution in [0.15, 0.2) is 4.52 Å². The van der Waals surface area contributed by atoms with Crippen LogP contribution in [-0.2, 0) is 10.3 Å². The lowest BCUT2D eigenvalue weighted by Gasteiger charge is -2.30. The third-order valence-corrected chi connectivity index (χ3v) is 4.47. The summed E-state index contributed by atoms with van der Waals surface area (Å²) in [5.74, 6) is 1.64. The highest BCUT2D eigenvalue weighted by Crippen LogP contribution is 2.33. The number of nitrogens with one attached hydrogen (secondary N) is 1. The van der Waals surface area contributed by atoms with Crippen LogP contribution in [0.4, 0.5) is 0 Å². The molecule has 1 aliphatic rings. The van der Waals surface area contributed by atoms with Crippen LogP contribution in [0.3, 0.4) is 0 Å². The summed E-state index contributed by atoms with van der Waals surface area (Å²) in [6, 6.07) is 0.373. The smallest absolute Gasteiger partial charge is 0.231 e. The van der Waals surface area contributed by atoms with Gasteiger partial charge in [-0.2, -0.15) is 4.98 Å². The Morgan fingerprint density at radius 3 is 2.76 bits per heavy atom. The summed E-state index contributed by atoms with van der Waals surface area (Å²) < 4.78 is 11.4. The standard InChI is InChI=1S/C16H29N3O2/c1-5-10-17-13(6-2)12(3)14-18-15(19-21-14)16(4)9-7-8-11-20-16/h12-13,17H,5-11H2,1-4H3. The molecule has 3 atom stereocenters. The molecule has 1 saturated heterocycles. The first-order valence-electron chi connectivity index (χ1n) is 8.32. The second-order valence-electron chi connectivity index (χ2n) is 6.25. The Morgan fingerprint density at radius 2 is 2.14 bits per heavy atom. The molecule has 3 unspecified atom stereocenters. The van der Waals surface area contributed by atoms with Gasteiger partial charge < -0.3 is 14.6 Å². The van der Waals surface area contributed by atoms with Gasteiger partial charge in [-0.05, 0) is 45.6 Å². The van der Waals surface area contributed by atoms with Gasteiger partial charge in [0.1, 0.15) is 5.60 Å². The van der Waals surface area contributed by atoms with Crippen molar-refractivity contribution in [1.82, 2.24) is 15.5 Å². The van der Waals surface area contributed by atoms with Gasteiger partial charge in [-0.1, -0.05) is 25.9 Å². The number of nitrogens with zero attached hydrogens (tertiary/aromatic N) is 2. The van der Waals surface area contributed by atoms with Crippen LogP contribution in [0.25, 0.3) is 0 Å². The van der Waals surface area contributed by atoms with Crippen molar-refractivity contribution in [2.75, 3.05) is 13.2 Å². The first-order valence-corrected chi connectivity index (χ1v) is 8.32. The summed E-state index contributed by atoms with van der Waals surface area (Å²) in [6.45, 7) is 10.4. The molecule has 0 amide bonds. The topological polar surface area (TPSA) is 60.2 Å². The average Bonchev–Trinajstić information content (AvgIpc) is 2.99. The van der Waals surface area contributed by atoms with E-state index in [0.29, 0.717) is 11.9 Å². The molecule has 0 bridgehead atoms. The van der Waals surface area contributed by atoms with Gasteiger partial charge in [0.2, 0.25) is 11.7 Å². The van der Waals surface area contributed by atoms with E-state index >= 15 is 0 Å². The van der Waals surface area contributed by atoms with E-state index in [1.165, 1.54) is 0 Å². The Bertz CT molecular complexity index is 427. The second kappa shape index (κ2) is 7.36. The van der Waals surface area contributed by atoms with Crippen LogP contribution in [0.5, 0.6) is 0 Å². The lowest BCUT2D eigenvalue weighted by Crippen LogP contribution is -2.34. The van der Waals surface area contributed by atoms with Crippen molar-refractivity contribution in [2.24, 2.45) is 0 Å². The molecular formula is C16H29N3O2. The Labute approximate surface area is 127 Å². The summed E-state index contributed by atoms with van der Waals surface area (Å²) in [5.41, 5.74) is -0.377. The van der Waals surface area contributed by atoms with E-state index < -0.39 is 0 Å². The minimum atomic E-state index is -0.377. The molecule has 5 nitrogen and oxygen atoms in total. The Hall–Kier alpha value is -0.940. The lowest BCUT2D eigenvalue weighted by molar-refractivity contribution is -0.0770. The third kappa shape index (κ3) is 3.83. The van der Waals surface area contributed by atoms with E-state index in [-0.39, 0.29) is 11.5 Å². The third-order valence-electron chi connectivity index (χ3n) is 4.47. The highest BCUT2D eigenvalue weighted by atomic mass is 16.5. The fraction of sp³-hybridized carbons (Fsp3) is 0.875. The van der Waals surface area contributed by atoms with Gasteiger partial charge in [-0.3, -0.25) is 0 Å². The summed E-state index contributed by atoms with van der Waals surface area (Å²) >= 11 is 0. The van der Waals surface area contributed by atoms with Crippen molar-refractivity contribution in [1.29, 1.82) is 0 Å². The van der Waals surface area contributed by atoms with E-state index in [1.807, 2.05) is 0 Å². The van der Waals surface area contributed by atoms with E-state index in [0.717, 1.165) is 51.1 Å². The van der Waals surface area contributed by atoms with E-state index in [9.17, 15) is 0 Å². The highest BCUT2D eigenvalue weighted by Gasteiger charge is 2.36. The molecule has 120 valence electrons. The first kappa shape index (κ1) is 16.4. The largest absolute Gasteiger partial charge is 0.367 e. The fourth-order valence-electron chi connectivity index (χ4n) is 2.92. The van der Waals surface area contributed by atoms with Crippen molar-refractivity contribution < 1.29 is 9.26 Å². The van der Waals surface area contributed by atoms with E-state index in [1.54, 1.807) is 0 Å². The van der Waals surface area contributed by atoms with Gasteiger partial charge >= 0.3 is 0 Å². The van der Waals surface area contributed by atoms with Crippen molar-refractivity contribution >= 4 is 0 Å². The van der Waals surface area contributed by atoms with Gasteiger partial charge in [0.15, 0.2) is 0 Å². The molecule has 1 aromatic rings. The van der Waals surface area contributed by atoms with Crippen molar-refractivity contribution in [3.8, 4) is 0 Å². The molecule has 5 heteroatoms. The summed E-state index contributed by atoms with van der Waals surface area (Å²) in [7, 11) is 0. The number of aromatic nitrogens is 2. The minimum absolute atomic E-state index is 0.218. The van der Waals surface area contributed by atoms with Crippen LogP contribution in [-0.4, -0.2) is 29.3 Å². The molecule has 0 radical (unpaired) electrons. The van der Waals surface area contributed by atoms with Crippen LogP contribution in [0.2, 0.25) is 0 Å². The monoisotopic (exact) mass is 295 g/mol. The predicted molar refractivity (Wildman–Crippen MR) is 82.2 cm³/mol. The van der Waals surface area contributed by atoms with Crippen LogP contribution in [0.1, 0.15) is 77.4 Å². The van der Waals surface area contributed by atoms with Gasteiger partial charge in [-0.15, -0.1) is 0 Å². The molecule has 0 spiro atoms. The summed E-state index contributed by atoms with van der Waals surface area (Å²) in [5, 5.41) is 7.75. The summed E-state index contributed by atoms with van der Waals surface area (Å²) in [6.07, 6.45) is 5.42. The average molecular weight is 295 g/mol. The van der Waals surface area contributed by atoms with Crippen molar-refractivity contribution in [2.45, 2.75) is 77.4 Å². The maximum atomic E-state index is 5.90. The molecule has 1 aliphatic heterocycles. The molecule has 1 N–H and O–H groups in total. The number of ether oxygens (including phenoxy) is 1. The Kier molecular flexibility index (Phi) is 5.76. The highest BCUT2D eigenvalue weighted by molar-refractivity contribution is 5.04. The Balaban J connectivity index is 2.07. The quantitative estimate of drug-likeness (QED) is 0.835. The van der Waals surface area contributed by atoms with Crippen LogP contribution >= 0.6 is 0 Å². The van der Waals surface area contributed by atoms with E-state index in [2.05, 4.69) is 43.2 Å². The molecule has 2 heterocycles. The van der Waals surface area contributed by atoms with Crippen LogP contribution in [0, 0.1) is 0 Å². The summed E-state index contributed by atoms with van der Waals surface area (Å²) in [4.78, 5) is 4.64. The zero-order valence-electron chi connectivity index (χ0n) is 13.8. The van der Waals surface area contributed by atoms with Gasteiger partial charge in [0.05, 0.1) is 5.92 Å². The first-order chi connectivity index (χ1) is 10.1. The molecule has 0 aromatic carbocycles. The molecule has 2 rings (SSSR count). The maximum Gasteiger partial charge on any atom is 0.231 e. The molecule has 0 aliphatic carbocycles. The number of hydrogen-bond donors (Lipinski definition) is 1.